The number of aliphatic hydroxyl groups is 2. The molecule has 1 rings (SSSR count). The fourth-order valence-electron chi connectivity index (χ4n) is 1.05. The zero-order chi connectivity index (χ0) is 8.27. The maximum atomic E-state index is 9.05. The van der Waals surface area contributed by atoms with E-state index in [4.69, 9.17) is 20.0 Å². The third kappa shape index (κ3) is 2.41. The Morgan fingerprint density at radius 1 is 1.64 bits per heavy atom. The van der Waals surface area contributed by atoms with Crippen molar-refractivity contribution < 1.29 is 20.0 Å². The fourth-order valence-corrected chi connectivity index (χ4v) is 1.05. The molecule has 0 aliphatic carbocycles. The Morgan fingerprint density at radius 2 is 2.36 bits per heavy atom. The Hall–Kier alpha value is -0.160. The highest BCUT2D eigenvalue weighted by molar-refractivity contribution is 4.71. The highest BCUT2D eigenvalue weighted by atomic mass is 17.2. The van der Waals surface area contributed by atoms with Gasteiger partial charge in [-0.3, -0.25) is 0 Å². The first-order valence-corrected chi connectivity index (χ1v) is 3.81. The molecule has 0 saturated carbocycles. The van der Waals surface area contributed by atoms with E-state index in [1.807, 2.05) is 6.92 Å². The molecule has 1 saturated heterocycles. The molecule has 4 nitrogen and oxygen atoms in total. The zero-order valence-corrected chi connectivity index (χ0v) is 6.56. The van der Waals surface area contributed by atoms with Gasteiger partial charge < -0.3 is 10.2 Å². The SMILES string of the molecule is CC1COOC1CC(O)CO. The molecule has 0 aromatic rings. The van der Waals surface area contributed by atoms with E-state index in [-0.39, 0.29) is 12.7 Å². The lowest BCUT2D eigenvalue weighted by Crippen LogP contribution is -2.24. The van der Waals surface area contributed by atoms with Crippen molar-refractivity contribution in [3.8, 4) is 0 Å². The van der Waals surface area contributed by atoms with Gasteiger partial charge in [0.25, 0.3) is 0 Å². The summed E-state index contributed by atoms with van der Waals surface area (Å²) in [6.07, 6.45) is -0.321. The lowest BCUT2D eigenvalue weighted by molar-refractivity contribution is -0.278. The average Bonchev–Trinajstić information content (AvgIpc) is 2.37. The predicted octanol–water partition coefficient (Wildman–Crippen LogP) is -0.304. The Morgan fingerprint density at radius 3 is 2.82 bits per heavy atom. The topological polar surface area (TPSA) is 58.9 Å². The van der Waals surface area contributed by atoms with Gasteiger partial charge in [0.1, 0.15) is 6.10 Å². The van der Waals surface area contributed by atoms with Gasteiger partial charge in [0.15, 0.2) is 0 Å². The first-order valence-electron chi connectivity index (χ1n) is 3.81. The standard InChI is InChI=1S/C7H14O4/c1-5-4-10-11-7(5)2-6(9)3-8/h5-9H,2-4H2,1H3. The van der Waals surface area contributed by atoms with Gasteiger partial charge in [-0.25, -0.2) is 9.78 Å². The van der Waals surface area contributed by atoms with Crippen LogP contribution >= 0.6 is 0 Å². The molecule has 0 radical (unpaired) electrons. The highest BCUT2D eigenvalue weighted by Crippen LogP contribution is 2.20. The number of hydrogen-bond donors (Lipinski definition) is 2. The third-order valence-corrected chi connectivity index (χ3v) is 1.87. The van der Waals surface area contributed by atoms with Crippen LogP contribution in [0.5, 0.6) is 0 Å². The average molecular weight is 162 g/mol. The van der Waals surface area contributed by atoms with Crippen molar-refractivity contribution in [3.05, 3.63) is 0 Å². The third-order valence-electron chi connectivity index (χ3n) is 1.87. The second kappa shape index (κ2) is 4.01. The molecule has 2 N–H and O–H groups in total. The minimum absolute atomic E-state index is 0.0721. The Labute approximate surface area is 65.7 Å². The zero-order valence-electron chi connectivity index (χ0n) is 6.56. The summed E-state index contributed by atoms with van der Waals surface area (Å²) in [6.45, 7) is 2.34. The van der Waals surface area contributed by atoms with Crippen molar-refractivity contribution in [1.82, 2.24) is 0 Å². The van der Waals surface area contributed by atoms with Gasteiger partial charge >= 0.3 is 0 Å². The molecule has 11 heavy (non-hydrogen) atoms. The molecule has 0 spiro atoms. The van der Waals surface area contributed by atoms with Crippen LogP contribution in [0.15, 0.2) is 0 Å². The van der Waals surface area contributed by atoms with Gasteiger partial charge in [0, 0.05) is 12.3 Å². The summed E-state index contributed by atoms with van der Waals surface area (Å²) < 4.78 is 0. The van der Waals surface area contributed by atoms with Crippen LogP contribution in [0.3, 0.4) is 0 Å². The summed E-state index contributed by atoms with van der Waals surface area (Å²) in [4.78, 5) is 9.59. The van der Waals surface area contributed by atoms with E-state index >= 15 is 0 Å². The largest absolute Gasteiger partial charge is 0.394 e. The predicted molar refractivity (Wildman–Crippen MR) is 37.7 cm³/mol. The van der Waals surface area contributed by atoms with Gasteiger partial charge in [-0.2, -0.15) is 0 Å². The molecule has 1 aliphatic heterocycles. The van der Waals surface area contributed by atoms with Crippen LogP contribution in [0.25, 0.3) is 0 Å². The lowest BCUT2D eigenvalue weighted by Gasteiger charge is -2.13. The van der Waals surface area contributed by atoms with Crippen molar-refractivity contribution >= 4 is 0 Å². The molecule has 1 fully saturated rings. The molecule has 0 aromatic carbocycles. The maximum absolute atomic E-state index is 9.05. The Balaban J connectivity index is 2.24. The second-order valence-corrected chi connectivity index (χ2v) is 2.97. The van der Waals surface area contributed by atoms with Gasteiger partial charge in [0.2, 0.25) is 0 Å². The molecule has 0 bridgehead atoms. The molecular formula is C7H14O4. The Kier molecular flexibility index (Phi) is 3.26. The normalized spacial score (nSPS) is 34.1. The van der Waals surface area contributed by atoms with Crippen LogP contribution in [0, 0.1) is 5.92 Å². The van der Waals surface area contributed by atoms with Crippen LogP contribution in [0.2, 0.25) is 0 Å². The van der Waals surface area contributed by atoms with Gasteiger partial charge in [-0.1, -0.05) is 6.92 Å². The van der Waals surface area contributed by atoms with Gasteiger partial charge in [-0.05, 0) is 0 Å². The molecule has 3 atom stereocenters. The van der Waals surface area contributed by atoms with Crippen LogP contribution < -0.4 is 0 Å². The molecule has 0 amide bonds. The summed E-state index contributed by atoms with van der Waals surface area (Å²) in [5, 5.41) is 17.6. The van der Waals surface area contributed by atoms with Crippen LogP contribution in [0.4, 0.5) is 0 Å². The monoisotopic (exact) mass is 162 g/mol. The van der Waals surface area contributed by atoms with Crippen molar-refractivity contribution in [1.29, 1.82) is 0 Å². The number of rotatable bonds is 3. The van der Waals surface area contributed by atoms with Crippen molar-refractivity contribution in [2.45, 2.75) is 25.6 Å². The van der Waals surface area contributed by atoms with E-state index in [1.54, 1.807) is 0 Å². The molecule has 1 aliphatic rings. The van der Waals surface area contributed by atoms with Gasteiger partial charge in [-0.15, -0.1) is 0 Å². The summed E-state index contributed by atoms with van der Waals surface area (Å²) in [6, 6.07) is 0. The lowest BCUT2D eigenvalue weighted by atomic mass is 10.0. The van der Waals surface area contributed by atoms with E-state index in [0.29, 0.717) is 18.9 Å². The fraction of sp³-hybridized carbons (Fsp3) is 1.00. The quantitative estimate of drug-likeness (QED) is 0.559. The van der Waals surface area contributed by atoms with Crippen molar-refractivity contribution in [3.63, 3.8) is 0 Å². The van der Waals surface area contributed by atoms with Crippen LogP contribution in [0.1, 0.15) is 13.3 Å². The minimum Gasteiger partial charge on any atom is -0.394 e. The van der Waals surface area contributed by atoms with Gasteiger partial charge in [0.05, 0.1) is 19.3 Å². The summed E-state index contributed by atoms with van der Waals surface area (Å²) in [5.74, 6) is 0.302. The first-order chi connectivity index (χ1) is 5.24. The molecular weight excluding hydrogens is 148 g/mol. The minimum atomic E-state index is -0.691. The molecule has 1 heterocycles. The number of hydrogen-bond acceptors (Lipinski definition) is 4. The first kappa shape index (κ1) is 8.93. The van der Waals surface area contributed by atoms with Crippen molar-refractivity contribution in [2.24, 2.45) is 5.92 Å². The van der Waals surface area contributed by atoms with E-state index in [0.717, 1.165) is 0 Å². The van der Waals surface area contributed by atoms with E-state index < -0.39 is 6.10 Å². The second-order valence-electron chi connectivity index (χ2n) is 2.97. The molecule has 66 valence electrons. The smallest absolute Gasteiger partial charge is 0.100 e. The van der Waals surface area contributed by atoms with Crippen LogP contribution in [-0.4, -0.2) is 35.6 Å². The summed E-state index contributed by atoms with van der Waals surface area (Å²) in [5.41, 5.74) is 0. The summed E-state index contributed by atoms with van der Waals surface area (Å²) >= 11 is 0. The molecule has 4 heteroatoms. The van der Waals surface area contributed by atoms with Crippen molar-refractivity contribution in [2.75, 3.05) is 13.2 Å². The molecule has 3 unspecified atom stereocenters. The van der Waals surface area contributed by atoms with E-state index in [2.05, 4.69) is 0 Å². The Bertz CT molecular complexity index is 117. The van der Waals surface area contributed by atoms with E-state index in [1.165, 1.54) is 0 Å². The van der Waals surface area contributed by atoms with Crippen LogP contribution in [-0.2, 0) is 9.78 Å². The maximum Gasteiger partial charge on any atom is 0.100 e. The number of aliphatic hydroxyl groups excluding tert-OH is 2. The van der Waals surface area contributed by atoms with E-state index in [9.17, 15) is 0 Å². The highest BCUT2D eigenvalue weighted by Gasteiger charge is 2.28. The molecule has 0 aromatic heterocycles. The summed E-state index contributed by atoms with van der Waals surface area (Å²) in [7, 11) is 0.